The van der Waals surface area contributed by atoms with Crippen LogP contribution in [0.4, 0.5) is 0 Å². The summed E-state index contributed by atoms with van der Waals surface area (Å²) in [5.41, 5.74) is 1.89. The van der Waals surface area contributed by atoms with Gasteiger partial charge in [0.1, 0.15) is 11.8 Å². The number of aryl methyl sites for hydroxylation is 1. The Kier molecular flexibility index (Phi) is 7.88. The topological polar surface area (TPSA) is 58.6 Å². The van der Waals surface area contributed by atoms with Crippen molar-refractivity contribution in [3.8, 4) is 5.75 Å². The van der Waals surface area contributed by atoms with Crippen LogP contribution in [0.1, 0.15) is 31.9 Å². The molecule has 2 amide bonds. The highest BCUT2D eigenvalue weighted by atomic mass is 35.5. The summed E-state index contributed by atoms with van der Waals surface area (Å²) in [7, 11) is 0. The van der Waals surface area contributed by atoms with E-state index in [-0.39, 0.29) is 31.0 Å². The lowest BCUT2D eigenvalue weighted by molar-refractivity contribution is -0.142. The Hall–Kier alpha value is -2.53. The van der Waals surface area contributed by atoms with E-state index in [1.807, 2.05) is 51.1 Å². The number of hydrogen-bond donors (Lipinski definition) is 1. The average molecular weight is 403 g/mol. The molecule has 150 valence electrons. The van der Waals surface area contributed by atoms with Gasteiger partial charge in [-0.1, -0.05) is 35.9 Å². The van der Waals surface area contributed by atoms with Gasteiger partial charge in [-0.25, -0.2) is 0 Å². The fourth-order valence-electron chi connectivity index (χ4n) is 2.75. The van der Waals surface area contributed by atoms with Crippen LogP contribution in [-0.2, 0) is 16.1 Å². The summed E-state index contributed by atoms with van der Waals surface area (Å²) in [4.78, 5) is 26.9. The van der Waals surface area contributed by atoms with Crippen LogP contribution in [0.3, 0.4) is 0 Å². The highest BCUT2D eigenvalue weighted by Crippen LogP contribution is 2.16. The molecule has 0 spiro atoms. The molecule has 0 aromatic heterocycles. The van der Waals surface area contributed by atoms with E-state index in [1.54, 1.807) is 25.1 Å². The van der Waals surface area contributed by atoms with Gasteiger partial charge in [0.15, 0.2) is 6.61 Å². The maximum Gasteiger partial charge on any atom is 0.261 e. The second kappa shape index (κ2) is 10.1. The number of benzene rings is 2. The zero-order valence-electron chi connectivity index (χ0n) is 16.7. The number of amides is 2. The molecule has 1 atom stereocenters. The minimum absolute atomic E-state index is 0.0124. The van der Waals surface area contributed by atoms with Gasteiger partial charge in [-0.05, 0) is 63.1 Å². The average Bonchev–Trinajstić information content (AvgIpc) is 2.63. The lowest BCUT2D eigenvalue weighted by Crippen LogP contribution is -2.50. The fraction of sp³-hybridized carbons (Fsp3) is 0.364. The smallest absolute Gasteiger partial charge is 0.261 e. The van der Waals surface area contributed by atoms with Crippen molar-refractivity contribution >= 4 is 23.4 Å². The van der Waals surface area contributed by atoms with Gasteiger partial charge in [-0.15, -0.1) is 0 Å². The summed E-state index contributed by atoms with van der Waals surface area (Å²) in [6.07, 6.45) is 0. The molecule has 0 aliphatic carbocycles. The normalized spacial score (nSPS) is 11.8. The molecule has 2 aromatic carbocycles. The molecule has 0 fully saturated rings. The molecule has 5 nitrogen and oxygen atoms in total. The zero-order chi connectivity index (χ0) is 20.7. The van der Waals surface area contributed by atoms with Crippen LogP contribution in [0.2, 0.25) is 5.02 Å². The molecule has 0 bridgehead atoms. The Labute approximate surface area is 171 Å². The Bertz CT molecular complexity index is 823. The van der Waals surface area contributed by atoms with Crippen molar-refractivity contribution < 1.29 is 14.3 Å². The van der Waals surface area contributed by atoms with Gasteiger partial charge in [-0.3, -0.25) is 9.59 Å². The van der Waals surface area contributed by atoms with E-state index >= 15 is 0 Å². The molecule has 0 radical (unpaired) electrons. The van der Waals surface area contributed by atoms with Gasteiger partial charge >= 0.3 is 0 Å². The maximum atomic E-state index is 12.9. The first-order valence-electron chi connectivity index (χ1n) is 9.30. The quantitative estimate of drug-likeness (QED) is 0.726. The van der Waals surface area contributed by atoms with Crippen molar-refractivity contribution in [2.45, 2.75) is 46.3 Å². The summed E-state index contributed by atoms with van der Waals surface area (Å²) < 4.78 is 5.65. The fourth-order valence-corrected chi connectivity index (χ4v) is 2.97. The predicted octanol–water partition coefficient (Wildman–Crippen LogP) is 3.97. The van der Waals surface area contributed by atoms with Gasteiger partial charge < -0.3 is 15.0 Å². The van der Waals surface area contributed by atoms with Crippen LogP contribution in [0.25, 0.3) is 0 Å². The number of nitrogens with zero attached hydrogens (tertiary/aromatic N) is 1. The molecule has 2 rings (SSSR count). The molecule has 2 aromatic rings. The van der Waals surface area contributed by atoms with E-state index in [0.717, 1.165) is 11.1 Å². The lowest BCUT2D eigenvalue weighted by atomic mass is 10.1. The van der Waals surface area contributed by atoms with E-state index < -0.39 is 6.04 Å². The van der Waals surface area contributed by atoms with E-state index in [9.17, 15) is 9.59 Å². The molecule has 0 saturated heterocycles. The van der Waals surface area contributed by atoms with E-state index in [0.29, 0.717) is 10.8 Å². The Morgan fingerprint density at radius 2 is 1.82 bits per heavy atom. The van der Waals surface area contributed by atoms with Crippen molar-refractivity contribution in [2.75, 3.05) is 6.61 Å². The minimum Gasteiger partial charge on any atom is -0.484 e. The summed E-state index contributed by atoms with van der Waals surface area (Å²) in [5, 5.41) is 3.44. The standard InChI is InChI=1S/C22H27ClN2O3/c1-15(2)24-22(27)17(4)25(13-18-8-6-9-19(23)12-18)21(26)14-28-20-10-5-7-16(3)11-20/h5-12,15,17H,13-14H2,1-4H3,(H,24,27)/t17-/m1/s1. The SMILES string of the molecule is Cc1cccc(OCC(=O)N(Cc2cccc(Cl)c2)[C@H](C)C(=O)NC(C)C)c1. The first kappa shape index (κ1) is 21.8. The van der Waals surface area contributed by atoms with Gasteiger partial charge in [-0.2, -0.15) is 0 Å². The lowest BCUT2D eigenvalue weighted by Gasteiger charge is -2.29. The molecule has 0 saturated carbocycles. The minimum atomic E-state index is -0.644. The summed E-state index contributed by atoms with van der Waals surface area (Å²) in [5.74, 6) is 0.143. The monoisotopic (exact) mass is 402 g/mol. The van der Waals surface area contributed by atoms with Crippen molar-refractivity contribution in [1.82, 2.24) is 10.2 Å². The van der Waals surface area contributed by atoms with Gasteiger partial charge in [0.25, 0.3) is 5.91 Å². The van der Waals surface area contributed by atoms with E-state index in [1.165, 1.54) is 4.90 Å². The van der Waals surface area contributed by atoms with Crippen LogP contribution in [0.5, 0.6) is 5.75 Å². The van der Waals surface area contributed by atoms with Crippen LogP contribution in [0, 0.1) is 6.92 Å². The summed E-state index contributed by atoms with van der Waals surface area (Å²) in [6, 6.07) is 14.1. The number of hydrogen-bond acceptors (Lipinski definition) is 3. The molecule has 0 aliphatic rings. The first-order chi connectivity index (χ1) is 13.3. The first-order valence-corrected chi connectivity index (χ1v) is 9.68. The van der Waals surface area contributed by atoms with Crippen LogP contribution < -0.4 is 10.1 Å². The number of carbonyl (C=O) groups is 2. The number of rotatable bonds is 8. The molecular weight excluding hydrogens is 376 g/mol. The summed E-state index contributed by atoms with van der Waals surface area (Å²) >= 11 is 6.07. The van der Waals surface area contributed by atoms with Crippen molar-refractivity contribution in [2.24, 2.45) is 0 Å². The summed E-state index contributed by atoms with van der Waals surface area (Å²) in [6.45, 7) is 7.56. The Morgan fingerprint density at radius 3 is 2.46 bits per heavy atom. The number of halogens is 1. The zero-order valence-corrected chi connectivity index (χ0v) is 17.5. The third kappa shape index (κ3) is 6.57. The predicted molar refractivity (Wildman–Crippen MR) is 111 cm³/mol. The number of ether oxygens (including phenoxy) is 1. The molecule has 0 aliphatic heterocycles. The van der Waals surface area contributed by atoms with Crippen molar-refractivity contribution in [3.05, 3.63) is 64.7 Å². The highest BCUT2D eigenvalue weighted by Gasteiger charge is 2.26. The highest BCUT2D eigenvalue weighted by molar-refractivity contribution is 6.30. The van der Waals surface area contributed by atoms with Crippen molar-refractivity contribution in [3.63, 3.8) is 0 Å². The molecule has 0 heterocycles. The van der Waals surface area contributed by atoms with Crippen LogP contribution >= 0.6 is 11.6 Å². The van der Waals surface area contributed by atoms with Crippen LogP contribution in [0.15, 0.2) is 48.5 Å². The largest absolute Gasteiger partial charge is 0.484 e. The third-order valence-electron chi connectivity index (χ3n) is 4.19. The maximum absolute atomic E-state index is 12.9. The Balaban J connectivity index is 2.15. The number of nitrogens with one attached hydrogen (secondary N) is 1. The Morgan fingerprint density at radius 1 is 1.11 bits per heavy atom. The second-order valence-corrected chi connectivity index (χ2v) is 7.53. The van der Waals surface area contributed by atoms with Gasteiger partial charge in [0.05, 0.1) is 0 Å². The van der Waals surface area contributed by atoms with Crippen molar-refractivity contribution in [1.29, 1.82) is 0 Å². The molecule has 28 heavy (non-hydrogen) atoms. The molecule has 0 unspecified atom stereocenters. The second-order valence-electron chi connectivity index (χ2n) is 7.10. The van der Waals surface area contributed by atoms with Crippen LogP contribution in [-0.4, -0.2) is 35.4 Å². The molecule has 6 heteroatoms. The van der Waals surface area contributed by atoms with Gasteiger partial charge in [0, 0.05) is 17.6 Å². The molecular formula is C22H27ClN2O3. The van der Waals surface area contributed by atoms with E-state index in [4.69, 9.17) is 16.3 Å². The molecule has 1 N–H and O–H groups in total. The van der Waals surface area contributed by atoms with E-state index in [2.05, 4.69) is 5.32 Å². The van der Waals surface area contributed by atoms with Gasteiger partial charge in [0.2, 0.25) is 5.91 Å². The number of carbonyl (C=O) groups excluding carboxylic acids is 2. The third-order valence-corrected chi connectivity index (χ3v) is 4.43.